The van der Waals surface area contributed by atoms with Gasteiger partial charge in [-0.3, -0.25) is 0 Å². The van der Waals surface area contributed by atoms with Gasteiger partial charge in [0.2, 0.25) is 0 Å². The van der Waals surface area contributed by atoms with E-state index in [4.69, 9.17) is 4.74 Å². The van der Waals surface area contributed by atoms with Gasteiger partial charge in [0.25, 0.3) is 0 Å². The molecule has 0 heterocycles. The van der Waals surface area contributed by atoms with Crippen LogP contribution in [0.2, 0.25) is 0 Å². The molecule has 0 aliphatic heterocycles. The van der Waals surface area contributed by atoms with Crippen molar-refractivity contribution in [1.29, 1.82) is 0 Å². The molecule has 2 rings (SSSR count). The summed E-state index contributed by atoms with van der Waals surface area (Å²) in [6.45, 7) is 16.0. The molecule has 0 spiro atoms. The van der Waals surface area contributed by atoms with Crippen LogP contribution in [0.15, 0.2) is 36.4 Å². The number of rotatable bonds is 7. The zero-order chi connectivity index (χ0) is 20.1. The average Bonchev–Trinajstić information content (AvgIpc) is 2.61. The molecule has 0 amide bonds. The van der Waals surface area contributed by atoms with Crippen molar-refractivity contribution in [1.82, 2.24) is 0 Å². The molecule has 27 heavy (non-hydrogen) atoms. The number of hydrogen-bond acceptors (Lipinski definition) is 2. The first kappa shape index (κ1) is 22.0. The van der Waals surface area contributed by atoms with Gasteiger partial charge >= 0.3 is 175 Å². The third-order valence-corrected chi connectivity index (χ3v) is 8.04. The number of benzene rings is 2. The van der Waals surface area contributed by atoms with E-state index in [1.165, 1.54) is 20.3 Å². The molecule has 0 saturated carbocycles. The summed E-state index contributed by atoms with van der Waals surface area (Å²) in [4.78, 5) is 11.9. The van der Waals surface area contributed by atoms with Crippen LogP contribution in [0.3, 0.4) is 0 Å². The Bertz CT molecular complexity index is 744. The quantitative estimate of drug-likeness (QED) is 0.417. The Morgan fingerprint density at radius 1 is 0.889 bits per heavy atom. The van der Waals surface area contributed by atoms with Gasteiger partial charge in [0.1, 0.15) is 0 Å². The number of carbonyl (C=O) groups is 1. The van der Waals surface area contributed by atoms with Gasteiger partial charge in [-0.2, -0.15) is 0 Å². The molecule has 0 aliphatic rings. The van der Waals surface area contributed by atoms with Crippen LogP contribution in [-0.4, -0.2) is 33.5 Å². The van der Waals surface area contributed by atoms with Crippen molar-refractivity contribution in [2.24, 2.45) is 0 Å². The molecule has 0 fully saturated rings. The van der Waals surface area contributed by atoms with Crippen LogP contribution < -0.4 is 7.22 Å². The molecule has 2 nitrogen and oxygen atoms in total. The summed E-state index contributed by atoms with van der Waals surface area (Å²) < 4.78 is 8.02. The van der Waals surface area contributed by atoms with Crippen LogP contribution in [0.5, 0.6) is 0 Å². The predicted octanol–water partition coefficient (Wildman–Crippen LogP) is 4.89. The van der Waals surface area contributed by atoms with Gasteiger partial charge in [0, 0.05) is 0 Å². The van der Waals surface area contributed by atoms with E-state index in [1.807, 2.05) is 19.1 Å². The van der Waals surface area contributed by atoms with Crippen LogP contribution in [0.25, 0.3) is 0 Å². The number of esters is 1. The van der Waals surface area contributed by atoms with Gasteiger partial charge in [-0.25, -0.2) is 0 Å². The topological polar surface area (TPSA) is 26.3 Å². The van der Waals surface area contributed by atoms with E-state index in [9.17, 15) is 4.79 Å². The fourth-order valence-corrected chi connectivity index (χ4v) is 6.80. The summed E-state index contributed by atoms with van der Waals surface area (Å²) in [5.41, 5.74) is 5.08. The van der Waals surface area contributed by atoms with E-state index >= 15 is 0 Å². The number of hydrogen-bond donors (Lipinski definition) is 0. The molecule has 0 bridgehead atoms. The van der Waals surface area contributed by atoms with E-state index in [0.717, 1.165) is 0 Å². The number of ether oxygens (including phenoxy) is 1. The fraction of sp³-hybridized carbons (Fsp3) is 0.458. The van der Waals surface area contributed by atoms with E-state index in [2.05, 4.69) is 65.8 Å². The minimum absolute atomic E-state index is 0.239. The second-order valence-corrected chi connectivity index (χ2v) is 10.9. The Balaban J connectivity index is 2.43. The van der Waals surface area contributed by atoms with Crippen LogP contribution in [0, 0.1) is 0 Å². The molecular formula is C24H32O2Te. The summed E-state index contributed by atoms with van der Waals surface area (Å²) >= 11 is -0.525. The molecule has 2 aromatic carbocycles. The Hall–Kier alpha value is -1.30. The molecule has 0 atom stereocenters. The van der Waals surface area contributed by atoms with Crippen molar-refractivity contribution >= 4 is 34.1 Å². The maximum absolute atomic E-state index is 11.9. The summed E-state index contributed by atoms with van der Waals surface area (Å²) in [6, 6.07) is 12.9. The molecule has 3 heteroatoms. The first-order chi connectivity index (χ1) is 12.7. The Kier molecular flexibility index (Phi) is 7.95. The van der Waals surface area contributed by atoms with Crippen LogP contribution in [0.4, 0.5) is 0 Å². The average molecular weight is 480 g/mol. The van der Waals surface area contributed by atoms with E-state index in [0.29, 0.717) is 29.9 Å². The Labute approximate surface area is 174 Å². The zero-order valence-corrected chi connectivity index (χ0v) is 20.0. The summed E-state index contributed by atoms with van der Waals surface area (Å²) in [5.74, 6) is 1.33. The molecule has 0 N–H and O–H groups in total. The second-order valence-electron chi connectivity index (χ2n) is 7.84. The monoisotopic (exact) mass is 482 g/mol. The zero-order valence-electron chi connectivity index (χ0n) is 17.6. The van der Waals surface area contributed by atoms with Crippen molar-refractivity contribution in [3.63, 3.8) is 0 Å². The Morgan fingerprint density at radius 2 is 1.41 bits per heavy atom. The van der Waals surface area contributed by atoms with Crippen molar-refractivity contribution in [2.45, 2.75) is 66.2 Å². The first-order valence-electron chi connectivity index (χ1n) is 9.87. The summed E-state index contributed by atoms with van der Waals surface area (Å²) in [6.07, 6.45) is 0. The maximum atomic E-state index is 11.9. The SMILES string of the molecule is CCOC(=O)c1ccc([Te]c2c(C(C)C)cc(C(C)C)cc2C(C)C)cc1. The van der Waals surface area contributed by atoms with Crippen molar-refractivity contribution in [2.75, 3.05) is 6.61 Å². The molecule has 146 valence electrons. The molecular weight excluding hydrogens is 448 g/mol. The molecule has 0 saturated heterocycles. The molecule has 2 aromatic rings. The third kappa shape index (κ3) is 5.59. The molecule has 0 aliphatic carbocycles. The van der Waals surface area contributed by atoms with Crippen LogP contribution in [0.1, 0.15) is 93.3 Å². The summed E-state index contributed by atoms with van der Waals surface area (Å²) in [7, 11) is 0. The standard InChI is InChI=1S/C24H32O2Te/c1-8-26-24(25)18-9-11-20(12-10-18)27-23-21(16(4)5)13-19(15(2)3)14-22(23)17(6)7/h9-17H,8H2,1-7H3. The normalized spacial score (nSPS) is 11.5. The second kappa shape index (κ2) is 9.76. The number of carbonyl (C=O) groups excluding carboxylic acids is 1. The van der Waals surface area contributed by atoms with Gasteiger partial charge in [-0.1, -0.05) is 0 Å². The van der Waals surface area contributed by atoms with E-state index in [-0.39, 0.29) is 5.97 Å². The first-order valence-corrected chi connectivity index (χ1v) is 12.2. The minimum atomic E-state index is -0.525. The van der Waals surface area contributed by atoms with Gasteiger partial charge in [0.15, 0.2) is 0 Å². The fourth-order valence-electron chi connectivity index (χ4n) is 3.00. The van der Waals surface area contributed by atoms with Crippen molar-refractivity contribution < 1.29 is 9.53 Å². The van der Waals surface area contributed by atoms with E-state index < -0.39 is 20.9 Å². The van der Waals surface area contributed by atoms with E-state index in [1.54, 1.807) is 3.61 Å². The van der Waals surface area contributed by atoms with Gasteiger partial charge < -0.3 is 0 Å². The van der Waals surface area contributed by atoms with Crippen LogP contribution in [-0.2, 0) is 4.74 Å². The van der Waals surface area contributed by atoms with Crippen molar-refractivity contribution in [3.05, 3.63) is 58.7 Å². The Morgan fingerprint density at radius 3 is 1.81 bits per heavy atom. The molecule has 0 radical (unpaired) electrons. The predicted molar refractivity (Wildman–Crippen MR) is 116 cm³/mol. The molecule has 0 unspecified atom stereocenters. The molecule has 0 aromatic heterocycles. The van der Waals surface area contributed by atoms with Gasteiger partial charge in [0.05, 0.1) is 0 Å². The summed E-state index contributed by atoms with van der Waals surface area (Å²) in [5, 5.41) is 0. The van der Waals surface area contributed by atoms with Gasteiger partial charge in [-0.05, 0) is 0 Å². The van der Waals surface area contributed by atoms with Crippen LogP contribution >= 0.6 is 0 Å². The third-order valence-electron chi connectivity index (χ3n) is 4.66. The van der Waals surface area contributed by atoms with Crippen molar-refractivity contribution in [3.8, 4) is 0 Å². The van der Waals surface area contributed by atoms with Gasteiger partial charge in [-0.15, -0.1) is 0 Å².